The first kappa shape index (κ1) is 38.1. The Morgan fingerprint density at radius 3 is 1.44 bits per heavy atom. The average Bonchev–Trinajstić information content (AvgIpc) is 2.96. The van der Waals surface area contributed by atoms with E-state index in [4.69, 9.17) is 0 Å². The van der Waals surface area contributed by atoms with E-state index in [2.05, 4.69) is 0 Å². The van der Waals surface area contributed by atoms with E-state index in [1.165, 1.54) is 0 Å². The molecule has 2 unspecified atom stereocenters. The van der Waals surface area contributed by atoms with Gasteiger partial charge in [-0.2, -0.15) is 33.7 Å². The number of hydrogen-bond donors (Lipinski definition) is 6. The molecular weight excluding hydrogens is 761 g/mol. The number of carbonyl (C=O) groups is 6. The van der Waals surface area contributed by atoms with Crippen LogP contribution in [0, 0.1) is 11.8 Å². The summed E-state index contributed by atoms with van der Waals surface area (Å²) < 4.78 is 131. The van der Waals surface area contributed by atoms with Gasteiger partial charge in [0.1, 0.15) is 21.6 Å². The van der Waals surface area contributed by atoms with Crippen LogP contribution in [0.1, 0.15) is 11.1 Å². The Kier molecular flexibility index (Phi) is 10.1. The fourth-order valence-corrected chi connectivity index (χ4v) is 8.11. The predicted molar refractivity (Wildman–Crippen MR) is 157 cm³/mol. The maximum Gasteiger partial charge on any atom is 0.330 e. The minimum atomic E-state index is -5.27. The first-order valence-corrected chi connectivity index (χ1v) is 19.0. The zero-order chi connectivity index (χ0) is 37.7. The van der Waals surface area contributed by atoms with Crippen LogP contribution in [0.15, 0.2) is 56.0 Å². The molecule has 2 aliphatic heterocycles. The van der Waals surface area contributed by atoms with Crippen molar-refractivity contribution in [3.05, 3.63) is 47.5 Å². The third-order valence-electron chi connectivity index (χ3n) is 7.30. The fourth-order valence-electron chi connectivity index (χ4n) is 4.96. The summed E-state index contributed by atoms with van der Waals surface area (Å²) in [5, 5.41) is 3.64. The van der Waals surface area contributed by atoms with Crippen LogP contribution in [-0.4, -0.2) is 110 Å². The third kappa shape index (κ3) is 8.02. The molecule has 2 aliphatic rings. The van der Waals surface area contributed by atoms with Gasteiger partial charge >= 0.3 is 12.1 Å². The van der Waals surface area contributed by atoms with Gasteiger partial charge in [0.15, 0.2) is 0 Å². The van der Waals surface area contributed by atoms with Gasteiger partial charge in [0.25, 0.3) is 40.5 Å². The Morgan fingerprint density at radius 1 is 0.540 bits per heavy atom. The zero-order valence-corrected chi connectivity index (χ0v) is 27.7. The van der Waals surface area contributed by atoms with Gasteiger partial charge in [-0.05, 0) is 48.2 Å². The lowest BCUT2D eigenvalue weighted by molar-refractivity contribution is -0.146. The lowest BCUT2D eigenvalue weighted by atomic mass is 9.95. The molecule has 8 amide bonds. The Balaban J connectivity index is 1.56. The summed E-state index contributed by atoms with van der Waals surface area (Å²) in [6.07, 6.45) is -1.55. The van der Waals surface area contributed by atoms with E-state index in [0.29, 0.717) is 34.1 Å². The highest BCUT2D eigenvalue weighted by molar-refractivity contribution is 7.89. The Labute approximate surface area is 281 Å². The SMILES string of the molecule is O=C1NC(=O)N(CCN2C(=O)NC(=O)C(Cc3ccc(S(=O)(=O)O)cc3S(=O)(=O)O)C2=O)C(=O)C1Cc1ccc(S(=O)(=O)O)c(S(=O)(=O)O)c1. The van der Waals surface area contributed by atoms with E-state index in [1.54, 1.807) is 5.32 Å². The Morgan fingerprint density at radius 2 is 1.00 bits per heavy atom. The molecule has 270 valence electrons. The second-order valence-corrected chi connectivity index (χ2v) is 16.1. The molecule has 2 fully saturated rings. The first-order chi connectivity index (χ1) is 22.8. The van der Waals surface area contributed by atoms with Crippen molar-refractivity contribution >= 4 is 76.2 Å². The number of benzene rings is 2. The van der Waals surface area contributed by atoms with Crippen LogP contribution in [-0.2, 0) is 72.5 Å². The molecule has 22 nitrogen and oxygen atoms in total. The number of urea groups is 2. The van der Waals surface area contributed by atoms with Crippen molar-refractivity contribution in [2.24, 2.45) is 11.8 Å². The van der Waals surface area contributed by atoms with Crippen molar-refractivity contribution in [1.82, 2.24) is 20.4 Å². The molecule has 2 aromatic rings. The van der Waals surface area contributed by atoms with E-state index < -0.39 is 139 Å². The Bertz CT molecular complexity index is 2320. The van der Waals surface area contributed by atoms with Crippen molar-refractivity contribution in [3.8, 4) is 0 Å². The summed E-state index contributed by atoms with van der Waals surface area (Å²) in [5.74, 6) is -8.70. The van der Waals surface area contributed by atoms with Gasteiger partial charge in [0.05, 0.1) is 9.79 Å². The van der Waals surface area contributed by atoms with Gasteiger partial charge in [-0.15, -0.1) is 0 Å². The van der Waals surface area contributed by atoms with E-state index >= 15 is 0 Å². The average molecular weight is 783 g/mol. The molecule has 6 N–H and O–H groups in total. The number of nitrogens with zero attached hydrogens (tertiary/aromatic N) is 2. The molecule has 26 heteroatoms. The monoisotopic (exact) mass is 782 g/mol. The third-order valence-corrected chi connectivity index (χ3v) is 11.0. The molecule has 0 bridgehead atoms. The lowest BCUT2D eigenvalue weighted by Crippen LogP contribution is -2.62. The highest BCUT2D eigenvalue weighted by atomic mass is 32.2. The van der Waals surface area contributed by atoms with Gasteiger partial charge in [-0.3, -0.25) is 57.8 Å². The zero-order valence-electron chi connectivity index (χ0n) is 24.5. The molecule has 0 aliphatic carbocycles. The van der Waals surface area contributed by atoms with Crippen molar-refractivity contribution < 1.29 is 80.6 Å². The standard InChI is InChI=1S/C24H22N4O18S4/c29-19-14(7-11-1-4-16(48(38,39)40)18(8-11)50(44,45)46)21(31)27(23(33)25-19)5-6-28-22(32)15(20(30)26-24(28)34)9-12-2-3-13(47(35,36)37)10-17(12)49(41,42)43/h1-4,8,10,14-15H,5-7,9H2,(H,25,29,33)(H,26,30,34)(H,35,36,37)(H,38,39,40)(H,41,42,43)(H,44,45,46). The molecule has 0 spiro atoms. The topological polar surface area (TPSA) is 350 Å². The first-order valence-electron chi connectivity index (χ1n) is 13.3. The van der Waals surface area contributed by atoms with Gasteiger partial charge in [0.2, 0.25) is 23.6 Å². The van der Waals surface area contributed by atoms with Crippen LogP contribution in [0.5, 0.6) is 0 Å². The lowest BCUT2D eigenvalue weighted by Gasteiger charge is -2.34. The van der Waals surface area contributed by atoms with Gasteiger partial charge in [-0.1, -0.05) is 12.1 Å². The number of carbonyl (C=O) groups excluding carboxylic acids is 6. The summed E-state index contributed by atoms with van der Waals surface area (Å²) in [7, 11) is -20.6. The molecule has 0 radical (unpaired) electrons. The maximum absolute atomic E-state index is 13.3. The Hall–Kier alpha value is -4.70. The molecule has 50 heavy (non-hydrogen) atoms. The normalized spacial score (nSPS) is 19.4. The van der Waals surface area contributed by atoms with E-state index in [0.717, 1.165) is 12.1 Å². The summed E-state index contributed by atoms with van der Waals surface area (Å²) in [6.45, 7) is -1.64. The smallest absolute Gasteiger partial charge is 0.282 e. The number of barbiturate groups is 2. The number of amides is 8. The fraction of sp³-hybridized carbons (Fsp3) is 0.250. The van der Waals surface area contributed by atoms with Crippen molar-refractivity contribution in [2.75, 3.05) is 13.1 Å². The molecule has 2 heterocycles. The minimum absolute atomic E-state index is 0.242. The van der Waals surface area contributed by atoms with Crippen LogP contribution in [0.4, 0.5) is 9.59 Å². The van der Waals surface area contributed by atoms with E-state index in [9.17, 15) is 80.6 Å². The van der Waals surface area contributed by atoms with Gasteiger partial charge in [-0.25, -0.2) is 9.59 Å². The van der Waals surface area contributed by atoms with Gasteiger partial charge < -0.3 is 0 Å². The summed E-state index contributed by atoms with van der Waals surface area (Å²) >= 11 is 0. The van der Waals surface area contributed by atoms with Gasteiger partial charge in [0, 0.05) is 13.1 Å². The van der Waals surface area contributed by atoms with E-state index in [-0.39, 0.29) is 5.56 Å². The van der Waals surface area contributed by atoms with Crippen LogP contribution in [0.2, 0.25) is 0 Å². The molecule has 0 saturated carbocycles. The van der Waals surface area contributed by atoms with E-state index in [1.807, 2.05) is 5.32 Å². The molecule has 2 saturated heterocycles. The van der Waals surface area contributed by atoms with Crippen LogP contribution in [0.25, 0.3) is 0 Å². The largest absolute Gasteiger partial charge is 0.330 e. The molecule has 0 aromatic heterocycles. The number of hydrogen-bond acceptors (Lipinski definition) is 14. The summed E-state index contributed by atoms with van der Waals surface area (Å²) in [6, 6.07) is 1.19. The van der Waals surface area contributed by atoms with Crippen LogP contribution >= 0.6 is 0 Å². The van der Waals surface area contributed by atoms with Crippen LogP contribution < -0.4 is 10.6 Å². The van der Waals surface area contributed by atoms with Crippen molar-refractivity contribution in [3.63, 3.8) is 0 Å². The maximum atomic E-state index is 13.3. The highest BCUT2D eigenvalue weighted by Crippen LogP contribution is 2.27. The van der Waals surface area contributed by atoms with Crippen molar-refractivity contribution in [1.29, 1.82) is 0 Å². The summed E-state index contributed by atoms with van der Waals surface area (Å²) in [5.41, 5.74) is -0.731. The summed E-state index contributed by atoms with van der Waals surface area (Å²) in [4.78, 5) is 72.9. The number of imide groups is 4. The molecular formula is C24H22N4O18S4. The number of rotatable bonds is 11. The second-order valence-electron chi connectivity index (χ2n) is 10.5. The molecule has 2 atom stereocenters. The van der Waals surface area contributed by atoms with Crippen LogP contribution in [0.3, 0.4) is 0 Å². The predicted octanol–water partition coefficient (Wildman–Crippen LogP) is -2.15. The quantitative estimate of drug-likeness (QED) is 0.104. The molecule has 2 aromatic carbocycles. The highest BCUT2D eigenvalue weighted by Gasteiger charge is 2.44. The van der Waals surface area contributed by atoms with Crippen molar-refractivity contribution in [2.45, 2.75) is 32.4 Å². The number of nitrogens with one attached hydrogen (secondary N) is 2. The minimum Gasteiger partial charge on any atom is -0.282 e. The second kappa shape index (κ2) is 13.2. The molecule has 4 rings (SSSR count).